The summed E-state index contributed by atoms with van der Waals surface area (Å²) in [7, 11) is 0. The Morgan fingerprint density at radius 2 is 1.64 bits per heavy atom. The van der Waals surface area contributed by atoms with Crippen molar-refractivity contribution in [2.45, 2.75) is 6.54 Å². The topological polar surface area (TPSA) is 92.2 Å². The summed E-state index contributed by atoms with van der Waals surface area (Å²) in [6, 6.07) is 21.9. The number of H-pyrrole nitrogens is 1. The molecule has 0 unspecified atom stereocenters. The Kier molecular flexibility index (Phi) is 4.38. The minimum absolute atomic E-state index is 0.278. The average molecular weight is 454 g/mol. The van der Waals surface area contributed by atoms with Crippen molar-refractivity contribution < 1.29 is 4.79 Å². The summed E-state index contributed by atoms with van der Waals surface area (Å²) >= 11 is 5.96. The van der Waals surface area contributed by atoms with Gasteiger partial charge in [-0.3, -0.25) is 14.0 Å². The summed E-state index contributed by atoms with van der Waals surface area (Å²) in [4.78, 5) is 38.7. The molecular weight excluding hydrogens is 438 g/mol. The second kappa shape index (κ2) is 7.43. The first-order chi connectivity index (χ1) is 16.1. The molecule has 1 amide bonds. The lowest BCUT2D eigenvalue weighted by molar-refractivity contribution is 0.0954. The summed E-state index contributed by atoms with van der Waals surface area (Å²) in [5, 5.41) is 4.07. The molecule has 6 rings (SSSR count). The van der Waals surface area contributed by atoms with E-state index in [0.717, 1.165) is 5.56 Å². The molecule has 3 heterocycles. The van der Waals surface area contributed by atoms with Gasteiger partial charge in [-0.2, -0.15) is 0 Å². The maximum absolute atomic E-state index is 13.4. The molecule has 0 radical (unpaired) electrons. The van der Waals surface area contributed by atoms with Gasteiger partial charge in [-0.05, 0) is 42.0 Å². The van der Waals surface area contributed by atoms with E-state index in [0.29, 0.717) is 50.3 Å². The monoisotopic (exact) mass is 453 g/mol. The van der Waals surface area contributed by atoms with Crippen molar-refractivity contribution in [2.75, 3.05) is 0 Å². The van der Waals surface area contributed by atoms with Crippen molar-refractivity contribution in [1.82, 2.24) is 24.7 Å². The molecule has 160 valence electrons. The lowest BCUT2D eigenvalue weighted by Crippen LogP contribution is -2.23. The zero-order chi connectivity index (χ0) is 22.5. The summed E-state index contributed by atoms with van der Waals surface area (Å²) in [5.74, 6) is -0.354. The van der Waals surface area contributed by atoms with Crippen LogP contribution in [0.2, 0.25) is 5.02 Å². The fraction of sp³-hybridized carbons (Fsp3) is 0.0400. The van der Waals surface area contributed by atoms with Crippen LogP contribution >= 0.6 is 11.6 Å². The number of amides is 1. The first-order valence-corrected chi connectivity index (χ1v) is 10.7. The lowest BCUT2D eigenvalue weighted by Gasteiger charge is -2.06. The maximum Gasteiger partial charge on any atom is 0.258 e. The maximum atomic E-state index is 13.4. The third kappa shape index (κ3) is 3.13. The smallest absolute Gasteiger partial charge is 0.258 e. The minimum atomic E-state index is -0.354. The Morgan fingerprint density at radius 3 is 2.42 bits per heavy atom. The van der Waals surface area contributed by atoms with E-state index >= 15 is 0 Å². The van der Waals surface area contributed by atoms with E-state index in [9.17, 15) is 9.59 Å². The largest absolute Gasteiger partial charge is 0.348 e. The van der Waals surface area contributed by atoms with Crippen LogP contribution in [0.3, 0.4) is 0 Å². The number of nitrogens with one attached hydrogen (secondary N) is 2. The molecule has 0 aliphatic carbocycles. The summed E-state index contributed by atoms with van der Waals surface area (Å²) in [6.45, 7) is 0.299. The molecule has 0 aliphatic heterocycles. The van der Waals surface area contributed by atoms with Crippen LogP contribution in [0.15, 0.2) is 77.6 Å². The molecule has 3 aromatic carbocycles. The van der Waals surface area contributed by atoms with Gasteiger partial charge in [-0.25, -0.2) is 9.97 Å². The van der Waals surface area contributed by atoms with Crippen molar-refractivity contribution in [2.24, 2.45) is 0 Å². The van der Waals surface area contributed by atoms with E-state index in [1.165, 1.54) is 0 Å². The standard InChI is InChI=1S/C25H16ClN5O2/c26-15-11-9-14(10-12-15)13-27-25(33)20-21-23(29-18-7-3-2-6-17(18)28-21)31-19-8-4-1-5-16(19)24(32)30-22(20)31/h1-12H,13H2,(H,27,33)(H,30,32). The Hall–Kier alpha value is -4.23. The molecule has 0 saturated heterocycles. The first kappa shape index (κ1) is 19.5. The summed E-state index contributed by atoms with van der Waals surface area (Å²) < 4.78 is 1.79. The van der Waals surface area contributed by atoms with E-state index in [1.807, 2.05) is 48.5 Å². The third-order valence-electron chi connectivity index (χ3n) is 5.68. The lowest BCUT2D eigenvalue weighted by atomic mass is 10.2. The van der Waals surface area contributed by atoms with Crippen LogP contribution < -0.4 is 10.9 Å². The van der Waals surface area contributed by atoms with E-state index in [2.05, 4.69) is 10.3 Å². The van der Waals surface area contributed by atoms with Crippen LogP contribution in [0.25, 0.3) is 38.7 Å². The molecule has 6 aromatic rings. The van der Waals surface area contributed by atoms with Crippen molar-refractivity contribution in [3.63, 3.8) is 0 Å². The molecule has 3 aromatic heterocycles. The van der Waals surface area contributed by atoms with Gasteiger partial charge in [-0.15, -0.1) is 0 Å². The van der Waals surface area contributed by atoms with Gasteiger partial charge in [0.25, 0.3) is 11.5 Å². The van der Waals surface area contributed by atoms with Crippen LogP contribution in [0, 0.1) is 0 Å². The predicted octanol–water partition coefficient (Wildman–Crippen LogP) is 4.46. The molecule has 0 saturated carbocycles. The van der Waals surface area contributed by atoms with Gasteiger partial charge in [0.15, 0.2) is 5.65 Å². The van der Waals surface area contributed by atoms with E-state index < -0.39 is 0 Å². The minimum Gasteiger partial charge on any atom is -0.348 e. The molecule has 0 bridgehead atoms. The van der Waals surface area contributed by atoms with Crippen molar-refractivity contribution in [1.29, 1.82) is 0 Å². The number of benzene rings is 3. The highest BCUT2D eigenvalue weighted by atomic mass is 35.5. The third-order valence-corrected chi connectivity index (χ3v) is 5.93. The number of carbonyl (C=O) groups excluding carboxylic acids is 1. The highest BCUT2D eigenvalue weighted by molar-refractivity contribution is 6.30. The van der Waals surface area contributed by atoms with E-state index in [4.69, 9.17) is 21.6 Å². The van der Waals surface area contributed by atoms with Gasteiger partial charge >= 0.3 is 0 Å². The van der Waals surface area contributed by atoms with E-state index in [1.54, 1.807) is 28.7 Å². The Bertz CT molecular complexity index is 1770. The zero-order valence-electron chi connectivity index (χ0n) is 17.2. The molecule has 0 aliphatic rings. The molecule has 0 spiro atoms. The van der Waals surface area contributed by atoms with Gasteiger partial charge < -0.3 is 10.3 Å². The number of para-hydroxylation sites is 3. The molecule has 33 heavy (non-hydrogen) atoms. The Morgan fingerprint density at radius 1 is 0.939 bits per heavy atom. The molecule has 7 nitrogen and oxygen atoms in total. The Labute approximate surface area is 191 Å². The van der Waals surface area contributed by atoms with Gasteiger partial charge in [0.05, 0.1) is 21.9 Å². The van der Waals surface area contributed by atoms with Crippen molar-refractivity contribution in [3.8, 4) is 0 Å². The fourth-order valence-corrected chi connectivity index (χ4v) is 4.25. The second-order valence-corrected chi connectivity index (χ2v) is 8.16. The predicted molar refractivity (Wildman–Crippen MR) is 129 cm³/mol. The van der Waals surface area contributed by atoms with Crippen LogP contribution in [-0.2, 0) is 6.54 Å². The SMILES string of the molecule is O=C(NCc1ccc(Cl)cc1)c1c2nc3ccccc3nc2n2c1[nH]c(=O)c1ccccc12. The van der Waals surface area contributed by atoms with Gasteiger partial charge in [0.1, 0.15) is 16.7 Å². The highest BCUT2D eigenvalue weighted by Gasteiger charge is 2.24. The first-order valence-electron chi connectivity index (χ1n) is 10.3. The van der Waals surface area contributed by atoms with Crippen molar-refractivity contribution in [3.05, 3.63) is 99.3 Å². The summed E-state index contributed by atoms with van der Waals surface area (Å²) in [5.41, 5.74) is 4.21. The van der Waals surface area contributed by atoms with Crippen molar-refractivity contribution >= 4 is 56.3 Å². The molecule has 0 fully saturated rings. The van der Waals surface area contributed by atoms with Gasteiger partial charge in [0, 0.05) is 11.6 Å². The molecule has 8 heteroatoms. The quantitative estimate of drug-likeness (QED) is 0.414. The fourth-order valence-electron chi connectivity index (χ4n) is 4.12. The van der Waals surface area contributed by atoms with Crippen LogP contribution in [0.5, 0.6) is 0 Å². The Balaban J connectivity index is 1.62. The number of rotatable bonds is 3. The summed E-state index contributed by atoms with van der Waals surface area (Å²) in [6.07, 6.45) is 0. The van der Waals surface area contributed by atoms with Crippen LogP contribution in [0.4, 0.5) is 0 Å². The molecule has 2 N–H and O–H groups in total. The zero-order valence-corrected chi connectivity index (χ0v) is 17.9. The number of aromatic amines is 1. The van der Waals surface area contributed by atoms with Crippen LogP contribution in [-0.4, -0.2) is 25.3 Å². The number of hydrogen-bond acceptors (Lipinski definition) is 4. The molecular formula is C25H16ClN5O2. The van der Waals surface area contributed by atoms with E-state index in [-0.39, 0.29) is 17.0 Å². The van der Waals surface area contributed by atoms with Crippen LogP contribution in [0.1, 0.15) is 15.9 Å². The number of aromatic nitrogens is 4. The number of hydrogen-bond donors (Lipinski definition) is 2. The number of fused-ring (bicyclic) bond motifs is 6. The average Bonchev–Trinajstić information content (AvgIpc) is 3.15. The molecule has 0 atom stereocenters. The van der Waals surface area contributed by atoms with Gasteiger partial charge in [-0.1, -0.05) is 48.0 Å². The number of halogens is 1. The number of carbonyl (C=O) groups is 1. The second-order valence-electron chi connectivity index (χ2n) is 7.72. The number of nitrogens with zero attached hydrogens (tertiary/aromatic N) is 3. The highest BCUT2D eigenvalue weighted by Crippen LogP contribution is 2.27. The van der Waals surface area contributed by atoms with Gasteiger partial charge in [0.2, 0.25) is 0 Å². The normalized spacial score (nSPS) is 11.5.